The van der Waals surface area contributed by atoms with Crippen LogP contribution in [0.4, 0.5) is 0 Å². The van der Waals surface area contributed by atoms with Crippen LogP contribution in [0.15, 0.2) is 6.07 Å². The Morgan fingerprint density at radius 2 is 2.06 bits per heavy atom. The molecule has 1 saturated carbocycles. The Morgan fingerprint density at radius 3 is 2.78 bits per heavy atom. The summed E-state index contributed by atoms with van der Waals surface area (Å²) in [4.78, 5) is 0. The van der Waals surface area contributed by atoms with Gasteiger partial charge in [-0.3, -0.25) is 0 Å². The van der Waals surface area contributed by atoms with Crippen LogP contribution in [0.5, 0.6) is 11.5 Å². The second-order valence-electron chi connectivity index (χ2n) is 5.24. The molecule has 1 N–H and O–H groups in total. The van der Waals surface area contributed by atoms with Crippen molar-refractivity contribution < 1.29 is 14.6 Å². The maximum atomic E-state index is 10.1. The summed E-state index contributed by atoms with van der Waals surface area (Å²) >= 11 is 6.31. The van der Waals surface area contributed by atoms with Crippen molar-refractivity contribution in [1.82, 2.24) is 0 Å². The van der Waals surface area contributed by atoms with Gasteiger partial charge in [0.2, 0.25) is 0 Å². The Morgan fingerprint density at radius 1 is 1.33 bits per heavy atom. The number of benzene rings is 1. The summed E-state index contributed by atoms with van der Waals surface area (Å²) in [7, 11) is 0. The van der Waals surface area contributed by atoms with Crippen molar-refractivity contribution in [1.29, 1.82) is 0 Å². The fourth-order valence-electron chi connectivity index (χ4n) is 2.34. The van der Waals surface area contributed by atoms with E-state index in [1.165, 1.54) is 0 Å². The first-order chi connectivity index (χ1) is 8.59. The van der Waals surface area contributed by atoms with Crippen molar-refractivity contribution in [2.45, 2.75) is 38.2 Å². The summed E-state index contributed by atoms with van der Waals surface area (Å²) in [6.45, 7) is 3.31. The van der Waals surface area contributed by atoms with Crippen LogP contribution in [0.25, 0.3) is 0 Å². The summed E-state index contributed by atoms with van der Waals surface area (Å²) < 4.78 is 11.4. The summed E-state index contributed by atoms with van der Waals surface area (Å²) in [5.41, 5.74) is 1.44. The van der Waals surface area contributed by atoms with E-state index in [4.69, 9.17) is 21.1 Å². The van der Waals surface area contributed by atoms with E-state index in [-0.39, 0.29) is 0 Å². The topological polar surface area (TPSA) is 38.7 Å². The third kappa shape index (κ3) is 2.17. The van der Waals surface area contributed by atoms with Crippen LogP contribution in [0.1, 0.15) is 30.4 Å². The Balaban J connectivity index is 2.01. The number of fused-ring (bicyclic) bond motifs is 1. The molecule has 4 heteroatoms. The van der Waals surface area contributed by atoms with Gasteiger partial charge in [0.05, 0.1) is 18.8 Å². The first kappa shape index (κ1) is 12.1. The van der Waals surface area contributed by atoms with Crippen LogP contribution in [0.3, 0.4) is 0 Å². The fourth-order valence-corrected chi connectivity index (χ4v) is 2.65. The molecule has 1 heterocycles. The molecular weight excluding hydrogens is 252 g/mol. The fraction of sp³-hybridized carbons (Fsp3) is 0.571. The van der Waals surface area contributed by atoms with E-state index in [9.17, 15) is 5.11 Å². The summed E-state index contributed by atoms with van der Waals surface area (Å²) in [6, 6.07) is 1.82. The van der Waals surface area contributed by atoms with Crippen LogP contribution in [0, 0.1) is 6.92 Å². The zero-order chi connectivity index (χ0) is 12.8. The standard InChI is InChI=1S/C14H17ClO3/c1-9-10(8-14(16)3-4-14)11(15)7-12-13(9)18-6-2-5-17-12/h7,16H,2-6,8H2,1H3. The number of rotatable bonds is 2. The molecule has 1 fully saturated rings. The van der Waals surface area contributed by atoms with Gasteiger partial charge in [0.25, 0.3) is 0 Å². The highest BCUT2D eigenvalue weighted by Crippen LogP contribution is 2.44. The third-order valence-corrected chi connectivity index (χ3v) is 4.03. The van der Waals surface area contributed by atoms with Gasteiger partial charge in [-0.25, -0.2) is 0 Å². The predicted octanol–water partition coefficient (Wildman–Crippen LogP) is 2.88. The molecule has 0 atom stereocenters. The van der Waals surface area contributed by atoms with Crippen LogP contribution >= 0.6 is 11.6 Å². The molecule has 1 aliphatic heterocycles. The van der Waals surface area contributed by atoms with Crippen molar-refractivity contribution in [3.63, 3.8) is 0 Å². The van der Waals surface area contributed by atoms with Gasteiger partial charge < -0.3 is 14.6 Å². The van der Waals surface area contributed by atoms with Crippen LogP contribution < -0.4 is 9.47 Å². The van der Waals surface area contributed by atoms with E-state index in [0.717, 1.165) is 41.9 Å². The van der Waals surface area contributed by atoms with Crippen LogP contribution in [-0.2, 0) is 6.42 Å². The Bertz CT molecular complexity index is 480. The quantitative estimate of drug-likeness (QED) is 0.896. The third-order valence-electron chi connectivity index (χ3n) is 3.69. The van der Waals surface area contributed by atoms with Gasteiger partial charge in [-0.2, -0.15) is 0 Å². The molecule has 0 aromatic heterocycles. The number of aliphatic hydroxyl groups is 1. The molecule has 98 valence electrons. The molecule has 1 aliphatic carbocycles. The lowest BCUT2D eigenvalue weighted by Crippen LogP contribution is -2.13. The average molecular weight is 269 g/mol. The van der Waals surface area contributed by atoms with Crippen molar-refractivity contribution in [3.8, 4) is 11.5 Å². The zero-order valence-electron chi connectivity index (χ0n) is 10.5. The lowest BCUT2D eigenvalue weighted by molar-refractivity contribution is 0.150. The van der Waals surface area contributed by atoms with Crippen molar-refractivity contribution in [2.75, 3.05) is 13.2 Å². The largest absolute Gasteiger partial charge is 0.489 e. The van der Waals surface area contributed by atoms with E-state index in [0.29, 0.717) is 24.7 Å². The average Bonchev–Trinajstić information content (AvgIpc) is 3.09. The summed E-state index contributed by atoms with van der Waals surface area (Å²) in [6.07, 6.45) is 3.20. The smallest absolute Gasteiger partial charge is 0.164 e. The molecule has 0 radical (unpaired) electrons. The van der Waals surface area contributed by atoms with Gasteiger partial charge in [-0.05, 0) is 30.9 Å². The van der Waals surface area contributed by atoms with Gasteiger partial charge in [-0.15, -0.1) is 0 Å². The highest BCUT2D eigenvalue weighted by molar-refractivity contribution is 6.31. The molecule has 3 rings (SSSR count). The minimum atomic E-state index is -0.547. The summed E-state index contributed by atoms with van der Waals surface area (Å²) in [5.74, 6) is 1.51. The first-order valence-corrected chi connectivity index (χ1v) is 6.77. The molecule has 1 aromatic rings. The van der Waals surface area contributed by atoms with Crippen LogP contribution in [0.2, 0.25) is 5.02 Å². The maximum absolute atomic E-state index is 10.1. The summed E-state index contributed by atoms with van der Waals surface area (Å²) in [5, 5.41) is 10.7. The van der Waals surface area contributed by atoms with Crippen molar-refractivity contribution >= 4 is 11.6 Å². The molecule has 0 saturated heterocycles. The molecule has 0 spiro atoms. The number of hydrogen-bond donors (Lipinski definition) is 1. The Hall–Kier alpha value is -0.930. The normalized spacial score (nSPS) is 20.4. The van der Waals surface area contributed by atoms with E-state index >= 15 is 0 Å². The lowest BCUT2D eigenvalue weighted by Gasteiger charge is -2.17. The van der Waals surface area contributed by atoms with Gasteiger partial charge in [0.1, 0.15) is 0 Å². The van der Waals surface area contributed by atoms with Gasteiger partial charge in [-0.1, -0.05) is 11.6 Å². The Kier molecular flexibility index (Phi) is 2.91. The Labute approximate surface area is 112 Å². The van der Waals surface area contributed by atoms with Gasteiger partial charge >= 0.3 is 0 Å². The molecule has 0 amide bonds. The second kappa shape index (κ2) is 4.32. The molecule has 18 heavy (non-hydrogen) atoms. The van der Waals surface area contributed by atoms with E-state index in [1.54, 1.807) is 0 Å². The number of ether oxygens (including phenoxy) is 2. The van der Waals surface area contributed by atoms with Crippen LogP contribution in [-0.4, -0.2) is 23.9 Å². The minimum absolute atomic E-state index is 0.547. The highest BCUT2D eigenvalue weighted by atomic mass is 35.5. The molecule has 3 nitrogen and oxygen atoms in total. The van der Waals surface area contributed by atoms with Gasteiger partial charge in [0, 0.05) is 23.9 Å². The minimum Gasteiger partial charge on any atom is -0.489 e. The van der Waals surface area contributed by atoms with Crippen molar-refractivity contribution in [2.24, 2.45) is 0 Å². The molecule has 0 unspecified atom stereocenters. The van der Waals surface area contributed by atoms with Gasteiger partial charge in [0.15, 0.2) is 11.5 Å². The number of hydrogen-bond acceptors (Lipinski definition) is 3. The molecule has 2 aliphatic rings. The molecule has 0 bridgehead atoms. The van der Waals surface area contributed by atoms with E-state index < -0.39 is 5.60 Å². The second-order valence-corrected chi connectivity index (χ2v) is 5.65. The van der Waals surface area contributed by atoms with Crippen molar-refractivity contribution in [3.05, 3.63) is 22.2 Å². The predicted molar refractivity (Wildman–Crippen MR) is 69.7 cm³/mol. The van der Waals surface area contributed by atoms with E-state index in [1.807, 2.05) is 13.0 Å². The molecule has 1 aromatic carbocycles. The van der Waals surface area contributed by atoms with E-state index in [2.05, 4.69) is 0 Å². The SMILES string of the molecule is Cc1c(CC2(O)CC2)c(Cl)cc2c1OCCCO2. The highest BCUT2D eigenvalue weighted by Gasteiger charge is 2.41. The molecular formula is C14H17ClO3. The number of halogens is 1. The maximum Gasteiger partial charge on any atom is 0.164 e. The zero-order valence-corrected chi connectivity index (χ0v) is 11.2. The lowest BCUT2D eigenvalue weighted by atomic mass is 10.00. The first-order valence-electron chi connectivity index (χ1n) is 6.39. The monoisotopic (exact) mass is 268 g/mol.